The van der Waals surface area contributed by atoms with Crippen molar-refractivity contribution in [2.24, 2.45) is 7.05 Å². The number of carbonyl (C=O) groups is 2. The molecule has 2 N–H and O–H groups in total. The van der Waals surface area contributed by atoms with Crippen molar-refractivity contribution in [1.82, 2.24) is 14.9 Å². The zero-order valence-electron chi connectivity index (χ0n) is 17.5. The van der Waals surface area contributed by atoms with Gasteiger partial charge in [-0.05, 0) is 31.2 Å². The largest absolute Gasteiger partial charge is 0.493 e. The number of aryl methyl sites for hydroxylation is 1. The number of methoxy groups -OCH3 is 3. The van der Waals surface area contributed by atoms with Gasteiger partial charge in [0.25, 0.3) is 5.91 Å². The van der Waals surface area contributed by atoms with Crippen molar-refractivity contribution < 1.29 is 23.8 Å². The van der Waals surface area contributed by atoms with Gasteiger partial charge in [-0.15, -0.1) is 0 Å². The van der Waals surface area contributed by atoms with Crippen molar-refractivity contribution in [1.29, 1.82) is 0 Å². The first kappa shape index (κ1) is 21.0. The van der Waals surface area contributed by atoms with Crippen LogP contribution in [0.3, 0.4) is 0 Å². The number of anilines is 1. The molecule has 0 spiro atoms. The highest BCUT2D eigenvalue weighted by molar-refractivity contribution is 6.04. The Hall–Kier alpha value is -3.75. The van der Waals surface area contributed by atoms with Crippen molar-refractivity contribution >= 4 is 28.5 Å². The molecule has 0 fully saturated rings. The van der Waals surface area contributed by atoms with E-state index in [0.29, 0.717) is 34.3 Å². The molecule has 0 saturated carbocycles. The maximum atomic E-state index is 12.9. The van der Waals surface area contributed by atoms with E-state index in [-0.39, 0.29) is 5.91 Å². The van der Waals surface area contributed by atoms with Crippen LogP contribution in [0.4, 0.5) is 5.82 Å². The number of aromatic nitrogens is 2. The summed E-state index contributed by atoms with van der Waals surface area (Å²) in [6, 6.07) is 7.88. The SMILES string of the molecule is COc1cc2cc(C(=O)NC(C)C(=O)Nc3ccccn3)n(C)c2c(OC)c1OC. The molecule has 2 heterocycles. The van der Waals surface area contributed by atoms with Crippen molar-refractivity contribution in [3.63, 3.8) is 0 Å². The molecule has 158 valence electrons. The van der Waals surface area contributed by atoms with Gasteiger partial charge >= 0.3 is 0 Å². The second kappa shape index (κ2) is 8.73. The molecule has 30 heavy (non-hydrogen) atoms. The molecule has 2 aromatic heterocycles. The van der Waals surface area contributed by atoms with Gasteiger partial charge in [0.05, 0.1) is 26.8 Å². The van der Waals surface area contributed by atoms with E-state index in [9.17, 15) is 9.59 Å². The molecule has 0 radical (unpaired) electrons. The van der Waals surface area contributed by atoms with Crippen molar-refractivity contribution in [2.45, 2.75) is 13.0 Å². The van der Waals surface area contributed by atoms with E-state index in [2.05, 4.69) is 15.6 Å². The number of amides is 2. The number of hydrogen-bond acceptors (Lipinski definition) is 6. The van der Waals surface area contributed by atoms with E-state index in [4.69, 9.17) is 14.2 Å². The minimum atomic E-state index is -0.775. The number of hydrogen-bond donors (Lipinski definition) is 2. The summed E-state index contributed by atoms with van der Waals surface area (Å²) in [6.07, 6.45) is 1.57. The molecular weight excluding hydrogens is 388 g/mol. The molecule has 9 heteroatoms. The quantitative estimate of drug-likeness (QED) is 0.617. The molecule has 1 unspecified atom stereocenters. The summed E-state index contributed by atoms with van der Waals surface area (Å²) in [7, 11) is 6.31. The van der Waals surface area contributed by atoms with Crippen LogP contribution in [-0.4, -0.2) is 48.7 Å². The van der Waals surface area contributed by atoms with Gasteiger partial charge < -0.3 is 29.4 Å². The van der Waals surface area contributed by atoms with Crippen molar-refractivity contribution in [3.05, 3.63) is 42.2 Å². The molecular formula is C21H24N4O5. The fourth-order valence-corrected chi connectivity index (χ4v) is 3.21. The Morgan fingerprint density at radius 1 is 1.07 bits per heavy atom. The number of nitrogens with zero attached hydrogens (tertiary/aromatic N) is 2. The minimum Gasteiger partial charge on any atom is -0.493 e. The van der Waals surface area contributed by atoms with Crippen LogP contribution in [0.2, 0.25) is 0 Å². The van der Waals surface area contributed by atoms with Gasteiger partial charge in [0.2, 0.25) is 11.7 Å². The number of fused-ring (bicyclic) bond motifs is 1. The first-order chi connectivity index (χ1) is 14.4. The molecule has 3 aromatic rings. The lowest BCUT2D eigenvalue weighted by atomic mass is 10.2. The Morgan fingerprint density at radius 3 is 2.40 bits per heavy atom. The van der Waals surface area contributed by atoms with Crippen LogP contribution >= 0.6 is 0 Å². The van der Waals surface area contributed by atoms with Gasteiger partial charge in [0.15, 0.2) is 11.5 Å². The van der Waals surface area contributed by atoms with Gasteiger partial charge in [0, 0.05) is 18.6 Å². The standard InChI is InChI=1S/C21H24N4O5/c1-12(20(26)24-16-8-6-7-9-22-16)23-21(27)14-10-13-11-15(28-3)18(29-4)19(30-5)17(13)25(14)2/h6-12H,1-5H3,(H,23,27)(H,22,24,26). The summed E-state index contributed by atoms with van der Waals surface area (Å²) in [6.45, 7) is 1.60. The highest BCUT2D eigenvalue weighted by Gasteiger charge is 2.24. The van der Waals surface area contributed by atoms with E-state index < -0.39 is 11.9 Å². The monoisotopic (exact) mass is 412 g/mol. The molecule has 1 aromatic carbocycles. The van der Waals surface area contributed by atoms with E-state index in [0.717, 1.165) is 5.39 Å². The van der Waals surface area contributed by atoms with E-state index in [1.807, 2.05) is 0 Å². The highest BCUT2D eigenvalue weighted by Crippen LogP contribution is 2.44. The Morgan fingerprint density at radius 2 is 1.80 bits per heavy atom. The minimum absolute atomic E-state index is 0.357. The lowest BCUT2D eigenvalue weighted by Gasteiger charge is -2.15. The first-order valence-corrected chi connectivity index (χ1v) is 9.22. The maximum absolute atomic E-state index is 12.9. The molecule has 1 atom stereocenters. The Labute approximate surface area is 173 Å². The number of carbonyl (C=O) groups excluding carboxylic acids is 2. The molecule has 9 nitrogen and oxygen atoms in total. The van der Waals surface area contributed by atoms with Crippen LogP contribution in [0, 0.1) is 0 Å². The molecule has 0 bridgehead atoms. The van der Waals surface area contributed by atoms with Gasteiger partial charge in [0.1, 0.15) is 17.6 Å². The van der Waals surface area contributed by atoms with Crippen molar-refractivity contribution in [2.75, 3.05) is 26.6 Å². The maximum Gasteiger partial charge on any atom is 0.268 e. The summed E-state index contributed by atoms with van der Waals surface area (Å²) >= 11 is 0. The van der Waals surface area contributed by atoms with E-state index >= 15 is 0 Å². The zero-order valence-corrected chi connectivity index (χ0v) is 17.5. The average molecular weight is 412 g/mol. The van der Waals surface area contributed by atoms with Crippen LogP contribution in [0.5, 0.6) is 17.2 Å². The predicted molar refractivity (Wildman–Crippen MR) is 112 cm³/mol. The second-order valence-corrected chi connectivity index (χ2v) is 6.57. The van der Waals surface area contributed by atoms with Gasteiger partial charge in [-0.3, -0.25) is 9.59 Å². The third-order valence-corrected chi connectivity index (χ3v) is 4.71. The molecule has 0 aliphatic heterocycles. The van der Waals surface area contributed by atoms with Gasteiger partial charge in [-0.25, -0.2) is 4.98 Å². The molecule has 0 saturated heterocycles. The first-order valence-electron chi connectivity index (χ1n) is 9.22. The van der Waals surface area contributed by atoms with Crippen LogP contribution in [-0.2, 0) is 11.8 Å². The van der Waals surface area contributed by atoms with Crippen LogP contribution in [0.25, 0.3) is 10.9 Å². The predicted octanol–water partition coefficient (Wildman–Crippen LogP) is 2.36. The number of ether oxygens (including phenoxy) is 3. The average Bonchev–Trinajstić information content (AvgIpc) is 3.09. The van der Waals surface area contributed by atoms with Crippen LogP contribution in [0.15, 0.2) is 36.5 Å². The number of benzene rings is 1. The molecule has 0 aliphatic carbocycles. The zero-order chi connectivity index (χ0) is 21.8. The normalized spacial score (nSPS) is 11.6. The Bertz CT molecular complexity index is 1080. The fraction of sp³-hybridized carbons (Fsp3) is 0.286. The number of nitrogens with one attached hydrogen (secondary N) is 2. The van der Waals surface area contributed by atoms with E-state index in [1.165, 1.54) is 21.3 Å². The lowest BCUT2D eigenvalue weighted by molar-refractivity contribution is -0.117. The topological polar surface area (TPSA) is 104 Å². The van der Waals surface area contributed by atoms with E-state index in [1.54, 1.807) is 55.1 Å². The van der Waals surface area contributed by atoms with Gasteiger partial charge in [-0.1, -0.05) is 6.07 Å². The highest BCUT2D eigenvalue weighted by atomic mass is 16.5. The molecule has 3 rings (SSSR count). The smallest absolute Gasteiger partial charge is 0.268 e. The summed E-state index contributed by atoms with van der Waals surface area (Å²) in [4.78, 5) is 29.3. The third kappa shape index (κ3) is 3.86. The fourth-order valence-electron chi connectivity index (χ4n) is 3.21. The Kier molecular flexibility index (Phi) is 6.10. The lowest BCUT2D eigenvalue weighted by Crippen LogP contribution is -2.42. The second-order valence-electron chi connectivity index (χ2n) is 6.57. The molecule has 0 aliphatic rings. The Balaban J connectivity index is 1.88. The van der Waals surface area contributed by atoms with Crippen molar-refractivity contribution in [3.8, 4) is 17.2 Å². The summed E-state index contributed by atoms with van der Waals surface area (Å²) in [5.41, 5.74) is 1.03. The number of pyridine rings is 1. The summed E-state index contributed by atoms with van der Waals surface area (Å²) in [5, 5.41) is 6.11. The summed E-state index contributed by atoms with van der Waals surface area (Å²) < 4.78 is 18.0. The van der Waals surface area contributed by atoms with Gasteiger partial charge in [-0.2, -0.15) is 0 Å². The van der Waals surface area contributed by atoms with Crippen LogP contribution < -0.4 is 24.8 Å². The van der Waals surface area contributed by atoms with Crippen LogP contribution in [0.1, 0.15) is 17.4 Å². The summed E-state index contributed by atoms with van der Waals surface area (Å²) in [5.74, 6) is 1.01. The molecule has 2 amide bonds. The third-order valence-electron chi connectivity index (χ3n) is 4.71. The number of rotatable bonds is 7.